The van der Waals surface area contributed by atoms with Gasteiger partial charge in [-0.2, -0.15) is 0 Å². The summed E-state index contributed by atoms with van der Waals surface area (Å²) in [5.74, 6) is -1.52. The zero-order chi connectivity index (χ0) is 15.8. The molecule has 1 saturated heterocycles. The normalized spacial score (nSPS) is 15.4. The quantitative estimate of drug-likeness (QED) is 0.664. The third kappa shape index (κ3) is 6.73. The standard InChI is InChI=1S/C13H21N3O5/c1-9(17)14-10-5-7-16(8-6-10)13(21)15-11(18)3-2-4-12(19)20/h10H,2-8H2,1H3,(H,14,17)(H,19,20)(H,15,18,21). The van der Waals surface area contributed by atoms with Gasteiger partial charge in [-0.25, -0.2) is 4.79 Å². The largest absolute Gasteiger partial charge is 0.481 e. The topological polar surface area (TPSA) is 116 Å². The van der Waals surface area contributed by atoms with Crippen molar-refractivity contribution in [1.29, 1.82) is 0 Å². The van der Waals surface area contributed by atoms with Gasteiger partial charge in [-0.3, -0.25) is 19.7 Å². The fourth-order valence-electron chi connectivity index (χ4n) is 2.18. The van der Waals surface area contributed by atoms with Crippen LogP contribution in [0.25, 0.3) is 0 Å². The number of rotatable bonds is 5. The predicted molar refractivity (Wildman–Crippen MR) is 73.4 cm³/mol. The van der Waals surface area contributed by atoms with Crippen LogP contribution < -0.4 is 10.6 Å². The fraction of sp³-hybridized carbons (Fsp3) is 0.692. The number of nitrogens with zero attached hydrogens (tertiary/aromatic N) is 1. The molecule has 0 radical (unpaired) electrons. The van der Waals surface area contributed by atoms with Crippen LogP contribution in [0.5, 0.6) is 0 Å². The highest BCUT2D eigenvalue weighted by molar-refractivity contribution is 5.94. The van der Waals surface area contributed by atoms with Crippen molar-refractivity contribution in [2.75, 3.05) is 13.1 Å². The number of likely N-dealkylation sites (tertiary alicyclic amines) is 1. The molecule has 1 rings (SSSR count). The van der Waals surface area contributed by atoms with E-state index >= 15 is 0 Å². The number of carbonyl (C=O) groups is 4. The number of nitrogens with one attached hydrogen (secondary N) is 2. The maximum Gasteiger partial charge on any atom is 0.324 e. The minimum absolute atomic E-state index is 0.0143. The third-order valence-corrected chi connectivity index (χ3v) is 3.23. The molecule has 1 heterocycles. The fourth-order valence-corrected chi connectivity index (χ4v) is 2.18. The van der Waals surface area contributed by atoms with Crippen molar-refractivity contribution in [3.8, 4) is 0 Å². The Bertz CT molecular complexity index is 416. The van der Waals surface area contributed by atoms with Gasteiger partial charge >= 0.3 is 12.0 Å². The molecule has 0 aromatic carbocycles. The van der Waals surface area contributed by atoms with E-state index in [1.807, 2.05) is 0 Å². The van der Waals surface area contributed by atoms with E-state index in [9.17, 15) is 19.2 Å². The lowest BCUT2D eigenvalue weighted by atomic mass is 10.1. The predicted octanol–water partition coefficient (Wildman–Crippen LogP) is 0.0780. The molecule has 8 nitrogen and oxygen atoms in total. The van der Waals surface area contributed by atoms with Crippen molar-refractivity contribution < 1.29 is 24.3 Å². The first-order chi connectivity index (χ1) is 9.88. The van der Waals surface area contributed by atoms with Gasteiger partial charge < -0.3 is 15.3 Å². The van der Waals surface area contributed by atoms with Crippen LogP contribution in [0.4, 0.5) is 4.79 Å². The number of amides is 4. The maximum absolute atomic E-state index is 11.8. The third-order valence-electron chi connectivity index (χ3n) is 3.23. The molecule has 0 aliphatic carbocycles. The van der Waals surface area contributed by atoms with Crippen molar-refractivity contribution in [3.05, 3.63) is 0 Å². The summed E-state index contributed by atoms with van der Waals surface area (Å²) < 4.78 is 0. The first-order valence-corrected chi connectivity index (χ1v) is 6.96. The van der Waals surface area contributed by atoms with Gasteiger partial charge in [0.05, 0.1) is 0 Å². The van der Waals surface area contributed by atoms with Crippen molar-refractivity contribution in [2.45, 2.75) is 45.1 Å². The molecule has 1 fully saturated rings. The number of hydrogen-bond acceptors (Lipinski definition) is 4. The van der Waals surface area contributed by atoms with Crippen LogP contribution in [0.3, 0.4) is 0 Å². The highest BCUT2D eigenvalue weighted by atomic mass is 16.4. The Balaban J connectivity index is 2.25. The van der Waals surface area contributed by atoms with Crippen LogP contribution in [0.1, 0.15) is 39.0 Å². The van der Waals surface area contributed by atoms with Crippen molar-refractivity contribution >= 4 is 23.8 Å². The molecule has 0 unspecified atom stereocenters. The number of imide groups is 1. The van der Waals surface area contributed by atoms with E-state index in [1.165, 1.54) is 11.8 Å². The minimum Gasteiger partial charge on any atom is -0.481 e. The number of hydrogen-bond donors (Lipinski definition) is 3. The summed E-state index contributed by atoms with van der Waals surface area (Å²) in [7, 11) is 0. The first-order valence-electron chi connectivity index (χ1n) is 6.96. The Morgan fingerprint density at radius 1 is 1.14 bits per heavy atom. The van der Waals surface area contributed by atoms with E-state index in [0.29, 0.717) is 25.9 Å². The summed E-state index contributed by atoms with van der Waals surface area (Å²) >= 11 is 0. The number of urea groups is 1. The first kappa shape index (κ1) is 16.9. The summed E-state index contributed by atoms with van der Waals surface area (Å²) in [5, 5.41) is 13.5. The molecule has 4 amide bonds. The van der Waals surface area contributed by atoms with Crippen LogP contribution in [-0.4, -0.2) is 53.0 Å². The SMILES string of the molecule is CC(=O)NC1CCN(C(=O)NC(=O)CCCC(=O)O)CC1. The molecule has 0 aromatic heterocycles. The Labute approximate surface area is 122 Å². The number of carbonyl (C=O) groups excluding carboxylic acids is 3. The summed E-state index contributed by atoms with van der Waals surface area (Å²) in [6.07, 6.45) is 1.43. The lowest BCUT2D eigenvalue weighted by molar-refractivity contribution is -0.137. The number of carboxylic acid groups (broad SMARTS) is 1. The molecule has 1 aliphatic rings. The number of carboxylic acids is 1. The van der Waals surface area contributed by atoms with Gasteiger partial charge in [0.2, 0.25) is 11.8 Å². The average Bonchev–Trinajstić information content (AvgIpc) is 2.38. The molecule has 0 bridgehead atoms. The van der Waals surface area contributed by atoms with E-state index in [0.717, 1.165) is 0 Å². The monoisotopic (exact) mass is 299 g/mol. The van der Waals surface area contributed by atoms with E-state index in [1.54, 1.807) is 0 Å². The summed E-state index contributed by atoms with van der Waals surface area (Å²) in [6, 6.07) is -0.394. The number of piperidine rings is 1. The molecule has 0 aromatic rings. The van der Waals surface area contributed by atoms with Gasteiger partial charge in [-0.1, -0.05) is 0 Å². The van der Waals surface area contributed by atoms with E-state index in [-0.39, 0.29) is 31.2 Å². The molecule has 0 saturated carbocycles. The highest BCUT2D eigenvalue weighted by Crippen LogP contribution is 2.10. The van der Waals surface area contributed by atoms with Gasteiger partial charge in [0.15, 0.2) is 0 Å². The van der Waals surface area contributed by atoms with Gasteiger partial charge in [-0.05, 0) is 19.3 Å². The summed E-state index contributed by atoms with van der Waals surface area (Å²) in [4.78, 5) is 46.1. The maximum atomic E-state index is 11.8. The van der Waals surface area contributed by atoms with E-state index in [4.69, 9.17) is 5.11 Å². The van der Waals surface area contributed by atoms with Crippen molar-refractivity contribution in [2.24, 2.45) is 0 Å². The Hall–Kier alpha value is -2.12. The Kier molecular flexibility index (Phi) is 6.64. The average molecular weight is 299 g/mol. The second kappa shape index (κ2) is 8.23. The van der Waals surface area contributed by atoms with E-state index < -0.39 is 17.9 Å². The Morgan fingerprint density at radius 2 is 1.76 bits per heavy atom. The molecule has 0 atom stereocenters. The Morgan fingerprint density at radius 3 is 2.29 bits per heavy atom. The second-order valence-electron chi connectivity index (χ2n) is 5.06. The minimum atomic E-state index is -0.964. The van der Waals surface area contributed by atoms with Gasteiger partial charge in [-0.15, -0.1) is 0 Å². The van der Waals surface area contributed by atoms with Crippen LogP contribution in [0.15, 0.2) is 0 Å². The van der Waals surface area contributed by atoms with Crippen LogP contribution in [0, 0.1) is 0 Å². The number of aliphatic carboxylic acids is 1. The highest BCUT2D eigenvalue weighted by Gasteiger charge is 2.24. The lowest BCUT2D eigenvalue weighted by Crippen LogP contribution is -2.50. The molecule has 8 heteroatoms. The molecule has 3 N–H and O–H groups in total. The molecule has 118 valence electrons. The second-order valence-corrected chi connectivity index (χ2v) is 5.06. The van der Waals surface area contributed by atoms with Crippen LogP contribution in [-0.2, 0) is 14.4 Å². The van der Waals surface area contributed by atoms with Crippen molar-refractivity contribution in [1.82, 2.24) is 15.5 Å². The smallest absolute Gasteiger partial charge is 0.324 e. The van der Waals surface area contributed by atoms with Gasteiger partial charge in [0, 0.05) is 38.9 Å². The molecule has 21 heavy (non-hydrogen) atoms. The van der Waals surface area contributed by atoms with Crippen LogP contribution >= 0.6 is 0 Å². The van der Waals surface area contributed by atoms with E-state index in [2.05, 4.69) is 10.6 Å². The summed E-state index contributed by atoms with van der Waals surface area (Å²) in [5.41, 5.74) is 0. The van der Waals surface area contributed by atoms with Crippen LogP contribution in [0.2, 0.25) is 0 Å². The molecular formula is C13H21N3O5. The molecular weight excluding hydrogens is 278 g/mol. The molecule has 0 spiro atoms. The van der Waals surface area contributed by atoms with Crippen molar-refractivity contribution in [3.63, 3.8) is 0 Å². The van der Waals surface area contributed by atoms with Gasteiger partial charge in [0.1, 0.15) is 0 Å². The zero-order valence-electron chi connectivity index (χ0n) is 12.1. The zero-order valence-corrected chi connectivity index (χ0v) is 12.1. The van der Waals surface area contributed by atoms with Gasteiger partial charge in [0.25, 0.3) is 0 Å². The lowest BCUT2D eigenvalue weighted by Gasteiger charge is -2.31. The summed E-state index contributed by atoms with van der Waals surface area (Å²) in [6.45, 7) is 2.40. The molecule has 1 aliphatic heterocycles.